The molecule has 0 aliphatic carbocycles. The van der Waals surface area contributed by atoms with Gasteiger partial charge in [0.1, 0.15) is 0 Å². The Balaban J connectivity index is 6.21. The first-order valence-corrected chi connectivity index (χ1v) is 29.5. The van der Waals surface area contributed by atoms with E-state index in [0.717, 1.165) is 0 Å². The molecule has 13 heteroatoms. The highest BCUT2D eigenvalue weighted by molar-refractivity contribution is 6.92. The zero-order valence-electron chi connectivity index (χ0n) is 23.7. The molecular weight excluding hydrogens is 521 g/mol. The predicted molar refractivity (Wildman–Crippen MR) is 151 cm³/mol. The van der Waals surface area contributed by atoms with Crippen molar-refractivity contribution in [2.45, 2.75) is 104 Å². The van der Waals surface area contributed by atoms with Crippen LogP contribution in [0.1, 0.15) is 13.3 Å². The average molecular weight is 571 g/mol. The molecule has 0 spiro atoms. The molecule has 0 unspecified atom stereocenters. The Morgan fingerprint density at radius 2 is 1.00 bits per heavy atom. The topological polar surface area (TPSA) is 72.5 Å². The molecule has 0 aromatic rings. The molecule has 0 amide bonds. The maximum Gasteiger partial charge on any atom is 0.472 e. The van der Waals surface area contributed by atoms with E-state index in [1.807, 2.05) is 6.55 Å². The summed E-state index contributed by atoms with van der Waals surface area (Å²) in [7, 11) is -14.4. The van der Waals surface area contributed by atoms with Gasteiger partial charge in [0.25, 0.3) is 0 Å². The third-order valence-electron chi connectivity index (χ3n) is 3.46. The number of ether oxygens (including phenoxy) is 1. The monoisotopic (exact) mass is 570 g/mol. The third kappa shape index (κ3) is 16.6. The van der Waals surface area contributed by atoms with E-state index in [9.17, 15) is 4.79 Å². The highest BCUT2D eigenvalue weighted by atomic mass is 28.5. The van der Waals surface area contributed by atoms with Crippen molar-refractivity contribution < 1.29 is 30.1 Å². The summed E-state index contributed by atoms with van der Waals surface area (Å²) in [5, 5.41) is 0. The van der Waals surface area contributed by atoms with Crippen LogP contribution >= 0.6 is 0 Å². The van der Waals surface area contributed by atoms with E-state index in [0.29, 0.717) is 18.0 Å². The van der Waals surface area contributed by atoms with Crippen molar-refractivity contribution in [3.05, 3.63) is 12.2 Å². The van der Waals surface area contributed by atoms with Crippen molar-refractivity contribution in [1.82, 2.24) is 0 Å². The van der Waals surface area contributed by atoms with Gasteiger partial charge in [-0.25, -0.2) is 4.79 Å². The smallest absolute Gasteiger partial charge is 0.462 e. The van der Waals surface area contributed by atoms with Crippen LogP contribution in [0.4, 0.5) is 0 Å². The number of hydrogen-bond donors (Lipinski definition) is 0. The first-order chi connectivity index (χ1) is 14.4. The van der Waals surface area contributed by atoms with Crippen LogP contribution < -0.4 is 0 Å². The zero-order chi connectivity index (χ0) is 26.5. The third-order valence-corrected chi connectivity index (χ3v) is 22.4. The number of carbonyl (C=O) groups is 1. The van der Waals surface area contributed by atoms with Gasteiger partial charge in [-0.15, -0.1) is 0 Å². The van der Waals surface area contributed by atoms with Crippen LogP contribution in [0.15, 0.2) is 12.2 Å². The summed E-state index contributed by atoms with van der Waals surface area (Å²) in [6, 6.07) is 0.539. The summed E-state index contributed by atoms with van der Waals surface area (Å²) < 4.78 is 39.2. The molecule has 0 aromatic heterocycles. The molecule has 196 valence electrons. The van der Waals surface area contributed by atoms with Crippen LogP contribution in [0, 0.1) is 0 Å². The molecule has 0 radical (unpaired) electrons. The van der Waals surface area contributed by atoms with Crippen LogP contribution in [0.5, 0.6) is 0 Å². The van der Waals surface area contributed by atoms with Crippen LogP contribution in [0.2, 0.25) is 91.2 Å². The number of carbonyl (C=O) groups excluding carboxylic acids is 1. The van der Waals surface area contributed by atoms with Crippen molar-refractivity contribution in [2.24, 2.45) is 0 Å². The van der Waals surface area contributed by atoms with Crippen molar-refractivity contribution in [3.63, 3.8) is 0 Å². The molecule has 0 aliphatic rings. The first-order valence-electron chi connectivity index (χ1n) is 11.7. The Bertz CT molecular complexity index is 628. The molecule has 33 heavy (non-hydrogen) atoms. The van der Waals surface area contributed by atoms with Gasteiger partial charge in [0.15, 0.2) is 33.3 Å². The van der Waals surface area contributed by atoms with Gasteiger partial charge in [-0.05, 0) is 91.9 Å². The minimum atomic E-state index is -3.23. The average Bonchev–Trinajstić information content (AvgIpc) is 2.42. The summed E-state index contributed by atoms with van der Waals surface area (Å²) in [4.78, 5) is 11.9. The summed E-state index contributed by atoms with van der Waals surface area (Å²) in [6.07, 6.45) is 0.574. The fraction of sp³-hybridized carbons (Fsp3) is 0.850. The minimum Gasteiger partial charge on any atom is -0.462 e. The van der Waals surface area contributed by atoms with Gasteiger partial charge in [0.2, 0.25) is 0 Å². The molecule has 0 bridgehead atoms. The Hall–Kier alpha value is 0.311. The molecular formula is C20H50O7Si6. The van der Waals surface area contributed by atoms with Gasteiger partial charge in [-0.1, -0.05) is 6.58 Å². The van der Waals surface area contributed by atoms with Gasteiger partial charge >= 0.3 is 23.6 Å². The Morgan fingerprint density at radius 3 is 1.30 bits per heavy atom. The fourth-order valence-corrected chi connectivity index (χ4v) is 26.9. The fourth-order valence-electron chi connectivity index (χ4n) is 3.18. The molecule has 0 aromatic carbocycles. The van der Waals surface area contributed by atoms with E-state index in [1.54, 1.807) is 6.92 Å². The molecule has 0 saturated heterocycles. The highest BCUT2D eigenvalue weighted by Crippen LogP contribution is 2.33. The second-order valence-corrected chi connectivity index (χ2v) is 37.1. The van der Waals surface area contributed by atoms with Crippen LogP contribution in [-0.2, 0) is 30.1 Å². The van der Waals surface area contributed by atoms with E-state index >= 15 is 0 Å². The highest BCUT2D eigenvalue weighted by Gasteiger charge is 2.56. The zero-order valence-corrected chi connectivity index (χ0v) is 29.7. The summed E-state index contributed by atoms with van der Waals surface area (Å²) >= 11 is 0. The SMILES string of the molecule is C=C(C)C(=O)OCCC[Si](O[Si](C)(C)C)(O[Si](C)(C)C)O[Si](C)(O[Si](C)(C)C)O[Si](C)(C)C. The van der Waals surface area contributed by atoms with Crippen LogP contribution in [-0.4, -0.2) is 63.5 Å². The van der Waals surface area contributed by atoms with Crippen molar-refractivity contribution in [1.29, 1.82) is 0 Å². The van der Waals surface area contributed by atoms with Crippen LogP contribution in [0.3, 0.4) is 0 Å². The van der Waals surface area contributed by atoms with Crippen molar-refractivity contribution in [2.75, 3.05) is 6.61 Å². The minimum absolute atomic E-state index is 0.260. The van der Waals surface area contributed by atoms with E-state index in [-0.39, 0.29) is 12.6 Å². The lowest BCUT2D eigenvalue weighted by Crippen LogP contribution is -2.66. The van der Waals surface area contributed by atoms with Gasteiger partial charge in [0.05, 0.1) is 6.61 Å². The second-order valence-electron chi connectivity index (χ2n) is 12.5. The molecule has 0 N–H and O–H groups in total. The Labute approximate surface area is 209 Å². The van der Waals surface area contributed by atoms with E-state index in [4.69, 9.17) is 25.3 Å². The Morgan fingerprint density at radius 1 is 0.636 bits per heavy atom. The number of rotatable bonds is 15. The quantitative estimate of drug-likeness (QED) is 0.0972. The molecule has 0 saturated carbocycles. The van der Waals surface area contributed by atoms with Crippen LogP contribution in [0.25, 0.3) is 0 Å². The lowest BCUT2D eigenvalue weighted by atomic mass is 10.4. The molecule has 0 atom stereocenters. The molecule has 0 aliphatic heterocycles. The normalized spacial score (nSPS) is 14.4. The van der Waals surface area contributed by atoms with E-state index in [1.165, 1.54) is 0 Å². The van der Waals surface area contributed by atoms with Gasteiger partial charge in [0, 0.05) is 18.2 Å². The van der Waals surface area contributed by atoms with E-state index < -0.39 is 50.9 Å². The van der Waals surface area contributed by atoms with Gasteiger partial charge in [-0.3, -0.25) is 0 Å². The van der Waals surface area contributed by atoms with Gasteiger partial charge in [-0.2, -0.15) is 0 Å². The lowest BCUT2D eigenvalue weighted by Gasteiger charge is -2.46. The maximum absolute atomic E-state index is 11.9. The molecule has 7 nitrogen and oxygen atoms in total. The number of esters is 1. The molecule has 0 rings (SSSR count). The second kappa shape index (κ2) is 12.0. The predicted octanol–water partition coefficient (Wildman–Crippen LogP) is 6.43. The summed E-state index contributed by atoms with van der Waals surface area (Å²) in [5.41, 5.74) is 0.388. The van der Waals surface area contributed by atoms with E-state index in [2.05, 4.69) is 85.1 Å². The summed E-state index contributed by atoms with van der Waals surface area (Å²) in [6.45, 7) is 33.3. The standard InChI is InChI=1S/C20H50O7Si6/c1-19(2)20(21)22-17-16-18-33(25-30(9,10)11,26-31(12,13)14)27-32(15,23-28(3,4)5)24-29(6,7)8/h1,16-18H2,2-15H3. The molecule has 0 heterocycles. The maximum atomic E-state index is 11.9. The summed E-state index contributed by atoms with van der Waals surface area (Å²) in [5.74, 6) is -0.385. The number of hydrogen-bond acceptors (Lipinski definition) is 7. The van der Waals surface area contributed by atoms with Crippen molar-refractivity contribution >= 4 is 56.8 Å². The molecule has 0 fully saturated rings. The Kier molecular flexibility index (Phi) is 12.1. The lowest BCUT2D eigenvalue weighted by molar-refractivity contribution is -0.139. The van der Waals surface area contributed by atoms with Crippen molar-refractivity contribution in [3.8, 4) is 0 Å². The first kappa shape index (κ1) is 33.3. The largest absolute Gasteiger partial charge is 0.472 e. The van der Waals surface area contributed by atoms with Gasteiger partial charge < -0.3 is 25.3 Å².